The largest absolute Gasteiger partial charge is 0.329 e. The van der Waals surface area contributed by atoms with Crippen LogP contribution in [-0.4, -0.2) is 25.2 Å². The average Bonchev–Trinajstić information content (AvgIpc) is 1.90. The molecule has 54 valence electrons. The highest BCUT2D eigenvalue weighted by Crippen LogP contribution is 2.11. The summed E-state index contributed by atoms with van der Waals surface area (Å²) in [4.78, 5) is 0. The molecule has 1 aliphatic rings. The van der Waals surface area contributed by atoms with Crippen LogP contribution in [0.5, 0.6) is 0 Å². The SMILES string of the molecule is NCC1(N)CCNCC1. The maximum atomic E-state index is 5.89. The van der Waals surface area contributed by atoms with Gasteiger partial charge in [0.25, 0.3) is 0 Å². The van der Waals surface area contributed by atoms with Crippen LogP contribution in [0.1, 0.15) is 12.8 Å². The number of nitrogens with one attached hydrogen (secondary N) is 1. The number of hydrogen-bond acceptors (Lipinski definition) is 3. The van der Waals surface area contributed by atoms with Crippen molar-refractivity contribution in [3.8, 4) is 0 Å². The van der Waals surface area contributed by atoms with E-state index in [0.29, 0.717) is 6.54 Å². The van der Waals surface area contributed by atoms with Crippen molar-refractivity contribution in [3.05, 3.63) is 0 Å². The third-order valence-corrected chi connectivity index (χ3v) is 2.01. The van der Waals surface area contributed by atoms with E-state index in [1.54, 1.807) is 0 Å². The predicted octanol–water partition coefficient (Wildman–Crippen LogP) is -0.974. The van der Waals surface area contributed by atoms with E-state index in [-0.39, 0.29) is 5.54 Å². The van der Waals surface area contributed by atoms with Gasteiger partial charge in [-0.1, -0.05) is 0 Å². The van der Waals surface area contributed by atoms with E-state index < -0.39 is 0 Å². The lowest BCUT2D eigenvalue weighted by molar-refractivity contribution is 0.318. The van der Waals surface area contributed by atoms with Gasteiger partial charge in [-0.25, -0.2) is 0 Å². The predicted molar refractivity (Wildman–Crippen MR) is 38.1 cm³/mol. The molecule has 5 N–H and O–H groups in total. The molecule has 3 heteroatoms. The van der Waals surface area contributed by atoms with E-state index in [1.807, 2.05) is 0 Å². The maximum absolute atomic E-state index is 5.89. The zero-order chi connectivity index (χ0) is 6.74. The normalized spacial score (nSPS) is 26.0. The fraction of sp³-hybridized carbons (Fsp3) is 1.00. The summed E-state index contributed by atoms with van der Waals surface area (Å²) in [6.45, 7) is 2.66. The molecule has 0 radical (unpaired) electrons. The fourth-order valence-electron chi connectivity index (χ4n) is 1.13. The van der Waals surface area contributed by atoms with Gasteiger partial charge in [-0.15, -0.1) is 0 Å². The van der Waals surface area contributed by atoms with Crippen LogP contribution < -0.4 is 16.8 Å². The fourth-order valence-corrected chi connectivity index (χ4v) is 1.13. The molecule has 0 bridgehead atoms. The molecule has 0 unspecified atom stereocenters. The molecule has 3 nitrogen and oxygen atoms in total. The van der Waals surface area contributed by atoms with Crippen LogP contribution in [0.15, 0.2) is 0 Å². The molecule has 0 aromatic heterocycles. The van der Waals surface area contributed by atoms with Gasteiger partial charge in [0, 0.05) is 12.1 Å². The third-order valence-electron chi connectivity index (χ3n) is 2.01. The van der Waals surface area contributed by atoms with Crippen molar-refractivity contribution in [1.29, 1.82) is 0 Å². The van der Waals surface area contributed by atoms with Crippen LogP contribution in [0.25, 0.3) is 0 Å². The molecular weight excluding hydrogens is 114 g/mol. The summed E-state index contributed by atoms with van der Waals surface area (Å²) in [5, 5.41) is 3.24. The van der Waals surface area contributed by atoms with Crippen LogP contribution in [0.2, 0.25) is 0 Å². The monoisotopic (exact) mass is 129 g/mol. The lowest BCUT2D eigenvalue weighted by atomic mass is 9.90. The highest BCUT2D eigenvalue weighted by molar-refractivity contribution is 4.89. The molecule has 1 saturated heterocycles. The first-order valence-corrected chi connectivity index (χ1v) is 3.46. The second-order valence-corrected chi connectivity index (χ2v) is 2.82. The van der Waals surface area contributed by atoms with E-state index in [1.165, 1.54) is 0 Å². The molecule has 0 saturated carbocycles. The van der Waals surface area contributed by atoms with Crippen LogP contribution in [0.3, 0.4) is 0 Å². The number of hydrogen-bond donors (Lipinski definition) is 3. The molecule has 9 heavy (non-hydrogen) atoms. The van der Waals surface area contributed by atoms with Gasteiger partial charge in [-0.2, -0.15) is 0 Å². The molecule has 0 atom stereocenters. The summed E-state index contributed by atoms with van der Waals surface area (Å²) >= 11 is 0. The Balaban J connectivity index is 2.37. The summed E-state index contributed by atoms with van der Waals surface area (Å²) in [5.74, 6) is 0. The first-order chi connectivity index (χ1) is 4.27. The van der Waals surface area contributed by atoms with Crippen LogP contribution >= 0.6 is 0 Å². The summed E-state index contributed by atoms with van der Waals surface area (Å²) in [5.41, 5.74) is 11.3. The Labute approximate surface area is 55.8 Å². The van der Waals surface area contributed by atoms with Crippen LogP contribution in [0, 0.1) is 0 Å². The molecule has 0 aliphatic carbocycles. The van der Waals surface area contributed by atoms with Crippen LogP contribution in [0.4, 0.5) is 0 Å². The quantitative estimate of drug-likeness (QED) is 0.426. The molecule has 1 fully saturated rings. The van der Waals surface area contributed by atoms with E-state index in [9.17, 15) is 0 Å². The Bertz CT molecular complexity index is 86.3. The van der Waals surface area contributed by atoms with Crippen molar-refractivity contribution < 1.29 is 0 Å². The summed E-state index contributed by atoms with van der Waals surface area (Å²) in [7, 11) is 0. The minimum absolute atomic E-state index is 0.0642. The van der Waals surface area contributed by atoms with Gasteiger partial charge in [-0.05, 0) is 25.9 Å². The van der Waals surface area contributed by atoms with Gasteiger partial charge in [0.2, 0.25) is 0 Å². The Morgan fingerprint density at radius 2 is 1.89 bits per heavy atom. The van der Waals surface area contributed by atoms with E-state index in [0.717, 1.165) is 25.9 Å². The summed E-state index contributed by atoms with van der Waals surface area (Å²) in [6, 6.07) is 0. The molecule has 0 spiro atoms. The van der Waals surface area contributed by atoms with Gasteiger partial charge < -0.3 is 16.8 Å². The van der Waals surface area contributed by atoms with Crippen molar-refractivity contribution in [2.45, 2.75) is 18.4 Å². The molecule has 0 aromatic rings. The minimum atomic E-state index is -0.0642. The number of rotatable bonds is 1. The van der Waals surface area contributed by atoms with Crippen molar-refractivity contribution in [3.63, 3.8) is 0 Å². The molecule has 1 aliphatic heterocycles. The van der Waals surface area contributed by atoms with Gasteiger partial charge >= 0.3 is 0 Å². The second kappa shape index (κ2) is 2.64. The maximum Gasteiger partial charge on any atom is 0.0302 e. The Hall–Kier alpha value is -0.120. The van der Waals surface area contributed by atoms with Crippen molar-refractivity contribution >= 4 is 0 Å². The molecule has 0 amide bonds. The molecule has 1 rings (SSSR count). The summed E-state index contributed by atoms with van der Waals surface area (Å²) in [6.07, 6.45) is 2.03. The van der Waals surface area contributed by atoms with Gasteiger partial charge in [-0.3, -0.25) is 0 Å². The topological polar surface area (TPSA) is 64.1 Å². The third kappa shape index (κ3) is 1.64. The first kappa shape index (κ1) is 6.99. The van der Waals surface area contributed by atoms with Crippen molar-refractivity contribution in [2.24, 2.45) is 11.5 Å². The lowest BCUT2D eigenvalue weighted by Crippen LogP contribution is -2.53. The minimum Gasteiger partial charge on any atom is -0.329 e. The Kier molecular flexibility index (Phi) is 2.05. The molecule has 1 heterocycles. The van der Waals surface area contributed by atoms with Gasteiger partial charge in [0.15, 0.2) is 0 Å². The highest BCUT2D eigenvalue weighted by Gasteiger charge is 2.24. The van der Waals surface area contributed by atoms with Gasteiger partial charge in [0.05, 0.1) is 0 Å². The lowest BCUT2D eigenvalue weighted by Gasteiger charge is -2.32. The number of piperidine rings is 1. The zero-order valence-corrected chi connectivity index (χ0v) is 5.69. The Morgan fingerprint density at radius 3 is 2.22 bits per heavy atom. The average molecular weight is 129 g/mol. The molecule has 0 aromatic carbocycles. The van der Waals surface area contributed by atoms with Crippen molar-refractivity contribution in [2.75, 3.05) is 19.6 Å². The zero-order valence-electron chi connectivity index (χ0n) is 5.69. The second-order valence-electron chi connectivity index (χ2n) is 2.82. The van der Waals surface area contributed by atoms with Crippen LogP contribution in [-0.2, 0) is 0 Å². The Morgan fingerprint density at radius 1 is 1.33 bits per heavy atom. The standard InChI is InChI=1S/C6H15N3/c7-5-6(8)1-3-9-4-2-6/h9H,1-5,7-8H2. The van der Waals surface area contributed by atoms with Gasteiger partial charge in [0.1, 0.15) is 0 Å². The molecular formula is C6H15N3. The van der Waals surface area contributed by atoms with E-state index in [2.05, 4.69) is 5.32 Å². The van der Waals surface area contributed by atoms with E-state index >= 15 is 0 Å². The van der Waals surface area contributed by atoms with E-state index in [4.69, 9.17) is 11.5 Å². The summed E-state index contributed by atoms with van der Waals surface area (Å²) < 4.78 is 0. The van der Waals surface area contributed by atoms with Crippen molar-refractivity contribution in [1.82, 2.24) is 5.32 Å². The number of nitrogens with two attached hydrogens (primary N) is 2. The first-order valence-electron chi connectivity index (χ1n) is 3.46. The highest BCUT2D eigenvalue weighted by atomic mass is 14.9. The smallest absolute Gasteiger partial charge is 0.0302 e.